The molecule has 13 heavy (non-hydrogen) atoms. The van der Waals surface area contributed by atoms with Gasteiger partial charge in [-0.15, -0.1) is 0 Å². The van der Waals surface area contributed by atoms with Gasteiger partial charge in [-0.3, -0.25) is 4.79 Å². The van der Waals surface area contributed by atoms with Gasteiger partial charge in [0.25, 0.3) is 5.56 Å². The average Bonchev–Trinajstić information content (AvgIpc) is 2.15. The number of pyridine rings is 2. The number of aromatic amines is 1. The van der Waals surface area contributed by atoms with E-state index in [2.05, 4.69) is 9.97 Å². The van der Waals surface area contributed by atoms with Crippen LogP contribution in [0, 0.1) is 6.92 Å². The van der Waals surface area contributed by atoms with Crippen molar-refractivity contribution in [3.05, 3.63) is 34.2 Å². The number of aromatic hydroxyl groups is 1. The molecule has 0 bridgehead atoms. The molecule has 0 radical (unpaired) electrons. The Kier molecular flexibility index (Phi) is 1.55. The fraction of sp³-hybridized carbons (Fsp3) is 0.111. The van der Waals surface area contributed by atoms with E-state index >= 15 is 0 Å². The van der Waals surface area contributed by atoms with Crippen LogP contribution in [0.5, 0.6) is 5.75 Å². The maximum atomic E-state index is 11.1. The van der Waals surface area contributed by atoms with Crippen molar-refractivity contribution >= 4 is 11.0 Å². The molecule has 0 spiro atoms. The summed E-state index contributed by atoms with van der Waals surface area (Å²) in [7, 11) is 0. The molecule has 66 valence electrons. The third kappa shape index (κ3) is 1.07. The van der Waals surface area contributed by atoms with Crippen molar-refractivity contribution in [1.29, 1.82) is 0 Å². The molecule has 0 saturated carbocycles. The van der Waals surface area contributed by atoms with Gasteiger partial charge < -0.3 is 10.1 Å². The average molecular weight is 176 g/mol. The Bertz CT molecular complexity index is 516. The third-order valence-electron chi connectivity index (χ3n) is 2.01. The fourth-order valence-corrected chi connectivity index (χ4v) is 1.27. The Morgan fingerprint density at radius 2 is 2.31 bits per heavy atom. The molecule has 0 aliphatic carbocycles. The first kappa shape index (κ1) is 7.79. The zero-order chi connectivity index (χ0) is 9.42. The molecule has 0 fully saturated rings. The van der Waals surface area contributed by atoms with E-state index in [4.69, 9.17) is 0 Å². The van der Waals surface area contributed by atoms with E-state index in [1.165, 1.54) is 0 Å². The Balaban J connectivity index is 3.02. The van der Waals surface area contributed by atoms with Crippen molar-refractivity contribution in [3.8, 4) is 5.75 Å². The van der Waals surface area contributed by atoms with Crippen molar-refractivity contribution in [3.63, 3.8) is 0 Å². The zero-order valence-electron chi connectivity index (χ0n) is 7.03. The van der Waals surface area contributed by atoms with E-state index in [1.807, 2.05) is 0 Å². The van der Waals surface area contributed by atoms with E-state index in [9.17, 15) is 9.90 Å². The van der Waals surface area contributed by atoms with E-state index in [0.29, 0.717) is 11.2 Å². The first-order chi connectivity index (χ1) is 6.20. The van der Waals surface area contributed by atoms with Crippen LogP contribution in [0.3, 0.4) is 0 Å². The second-order valence-electron chi connectivity index (χ2n) is 2.83. The lowest BCUT2D eigenvalue weighted by Gasteiger charge is -2.01. The summed E-state index contributed by atoms with van der Waals surface area (Å²) >= 11 is 0. The number of hydrogen-bond acceptors (Lipinski definition) is 3. The fourth-order valence-electron chi connectivity index (χ4n) is 1.27. The topological polar surface area (TPSA) is 66.0 Å². The molecule has 4 heteroatoms. The van der Waals surface area contributed by atoms with E-state index in [0.717, 1.165) is 5.39 Å². The van der Waals surface area contributed by atoms with Crippen LogP contribution in [-0.2, 0) is 0 Å². The molecule has 0 aliphatic heterocycles. The highest BCUT2D eigenvalue weighted by molar-refractivity contribution is 5.79. The molecule has 2 heterocycles. The Morgan fingerprint density at radius 1 is 1.54 bits per heavy atom. The van der Waals surface area contributed by atoms with Gasteiger partial charge in [-0.1, -0.05) is 0 Å². The maximum Gasteiger partial charge on any atom is 0.291 e. The summed E-state index contributed by atoms with van der Waals surface area (Å²) in [5.41, 5.74) is 0.568. The van der Waals surface area contributed by atoms with Gasteiger partial charge in [0, 0.05) is 17.1 Å². The van der Waals surface area contributed by atoms with Crippen LogP contribution in [0.4, 0.5) is 0 Å². The van der Waals surface area contributed by atoms with Gasteiger partial charge in [-0.05, 0) is 19.1 Å². The van der Waals surface area contributed by atoms with E-state index in [-0.39, 0.29) is 5.75 Å². The second kappa shape index (κ2) is 2.58. The predicted molar refractivity (Wildman–Crippen MR) is 48.8 cm³/mol. The summed E-state index contributed by atoms with van der Waals surface area (Å²) in [5, 5.41) is 10.1. The Labute approximate surface area is 73.9 Å². The minimum absolute atomic E-state index is 0.236. The number of fused-ring (bicyclic) bond motifs is 1. The van der Waals surface area contributed by atoms with Crippen molar-refractivity contribution in [1.82, 2.24) is 9.97 Å². The minimum Gasteiger partial charge on any atom is -0.503 e. The first-order valence-electron chi connectivity index (χ1n) is 3.86. The van der Waals surface area contributed by atoms with Gasteiger partial charge in [0.15, 0.2) is 5.75 Å². The number of rotatable bonds is 0. The van der Waals surface area contributed by atoms with E-state index < -0.39 is 5.56 Å². The van der Waals surface area contributed by atoms with Crippen molar-refractivity contribution < 1.29 is 5.11 Å². The summed E-state index contributed by atoms with van der Waals surface area (Å²) in [6.07, 6.45) is 1.59. The predicted octanol–water partition coefficient (Wildman–Crippen LogP) is 0.937. The molecule has 2 aromatic rings. The number of nitrogens with one attached hydrogen (secondary N) is 1. The lowest BCUT2D eigenvalue weighted by atomic mass is 10.2. The molecule has 0 saturated heterocycles. The molecule has 0 aliphatic rings. The smallest absolute Gasteiger partial charge is 0.291 e. The Morgan fingerprint density at radius 3 is 3.08 bits per heavy atom. The molecule has 2 aromatic heterocycles. The highest BCUT2D eigenvalue weighted by atomic mass is 16.3. The summed E-state index contributed by atoms with van der Waals surface area (Å²) < 4.78 is 0. The number of aromatic nitrogens is 2. The first-order valence-corrected chi connectivity index (χ1v) is 3.86. The highest BCUT2D eigenvalue weighted by Gasteiger charge is 2.06. The molecule has 0 atom stereocenters. The van der Waals surface area contributed by atoms with Gasteiger partial charge in [-0.25, -0.2) is 4.98 Å². The van der Waals surface area contributed by atoms with Crippen molar-refractivity contribution in [2.75, 3.05) is 0 Å². The third-order valence-corrected chi connectivity index (χ3v) is 2.01. The monoisotopic (exact) mass is 176 g/mol. The molecule has 2 rings (SSSR count). The lowest BCUT2D eigenvalue weighted by molar-refractivity contribution is 0.464. The highest BCUT2D eigenvalue weighted by Crippen LogP contribution is 2.18. The normalized spacial score (nSPS) is 10.5. The molecule has 0 unspecified atom stereocenters. The summed E-state index contributed by atoms with van der Waals surface area (Å²) in [4.78, 5) is 17.6. The SMILES string of the molecule is Cc1c(O)c(=O)[nH]c2ncccc12. The molecule has 2 N–H and O–H groups in total. The van der Waals surface area contributed by atoms with Crippen LogP contribution >= 0.6 is 0 Å². The minimum atomic E-state index is -0.497. The van der Waals surface area contributed by atoms with Crippen LogP contribution in [0.25, 0.3) is 11.0 Å². The summed E-state index contributed by atoms with van der Waals surface area (Å²) in [5.74, 6) is -0.236. The summed E-state index contributed by atoms with van der Waals surface area (Å²) in [6, 6.07) is 3.56. The van der Waals surface area contributed by atoms with Crippen LogP contribution in [0.15, 0.2) is 23.1 Å². The maximum absolute atomic E-state index is 11.1. The van der Waals surface area contributed by atoms with Crippen molar-refractivity contribution in [2.45, 2.75) is 6.92 Å². The van der Waals surface area contributed by atoms with Crippen LogP contribution in [-0.4, -0.2) is 15.1 Å². The standard InChI is InChI=1S/C9H8N2O2/c1-5-6-3-2-4-10-8(6)11-9(13)7(5)12/h2-4,12H,1H3,(H,10,11,13). The van der Waals surface area contributed by atoms with Crippen LogP contribution in [0.1, 0.15) is 5.56 Å². The molecule has 0 amide bonds. The lowest BCUT2D eigenvalue weighted by Crippen LogP contribution is -2.07. The van der Waals surface area contributed by atoms with E-state index in [1.54, 1.807) is 25.3 Å². The largest absolute Gasteiger partial charge is 0.503 e. The van der Waals surface area contributed by atoms with Crippen molar-refractivity contribution in [2.24, 2.45) is 0 Å². The summed E-state index contributed by atoms with van der Waals surface area (Å²) in [6.45, 7) is 1.69. The molecular formula is C9H8N2O2. The molecular weight excluding hydrogens is 168 g/mol. The number of aryl methyl sites for hydroxylation is 1. The number of nitrogens with zero attached hydrogens (tertiary/aromatic N) is 1. The van der Waals surface area contributed by atoms with Gasteiger partial charge in [0.2, 0.25) is 0 Å². The van der Waals surface area contributed by atoms with Crippen LogP contribution in [0.2, 0.25) is 0 Å². The molecule has 4 nitrogen and oxygen atoms in total. The van der Waals surface area contributed by atoms with Crippen LogP contribution < -0.4 is 5.56 Å². The quantitative estimate of drug-likeness (QED) is 0.627. The van der Waals surface area contributed by atoms with Gasteiger partial charge in [0.05, 0.1) is 0 Å². The van der Waals surface area contributed by atoms with Gasteiger partial charge in [-0.2, -0.15) is 0 Å². The second-order valence-corrected chi connectivity index (χ2v) is 2.83. The Hall–Kier alpha value is -1.84. The number of H-pyrrole nitrogens is 1. The van der Waals surface area contributed by atoms with Gasteiger partial charge >= 0.3 is 0 Å². The number of hydrogen-bond donors (Lipinski definition) is 2. The molecule has 0 aromatic carbocycles. The van der Waals surface area contributed by atoms with Gasteiger partial charge in [0.1, 0.15) is 5.65 Å². The zero-order valence-corrected chi connectivity index (χ0v) is 7.03.